The van der Waals surface area contributed by atoms with Crippen molar-refractivity contribution in [1.29, 1.82) is 0 Å². The molecule has 3 aromatic rings. The molecular weight excluding hydrogens is 288 g/mol. The van der Waals surface area contributed by atoms with Crippen LogP contribution < -0.4 is 0 Å². The highest BCUT2D eigenvalue weighted by atomic mass is 16.3. The largest absolute Gasteiger partial charge is 0.463 e. The molecule has 1 aromatic heterocycles. The zero-order valence-corrected chi connectivity index (χ0v) is 12.3. The van der Waals surface area contributed by atoms with Crippen LogP contribution in [0.4, 0.5) is 0 Å². The lowest BCUT2D eigenvalue weighted by molar-refractivity contribution is 0.106. The van der Waals surface area contributed by atoms with Crippen LogP contribution in [0.15, 0.2) is 93.7 Å². The van der Waals surface area contributed by atoms with Crippen molar-refractivity contribution in [3.8, 4) is 0 Å². The van der Waals surface area contributed by atoms with Gasteiger partial charge in [0.05, 0.1) is 12.5 Å². The predicted molar refractivity (Wildman–Crippen MR) is 90.1 cm³/mol. The number of furan rings is 1. The molecule has 0 N–H and O–H groups in total. The molecule has 0 saturated carbocycles. The lowest BCUT2D eigenvalue weighted by atomic mass is 10.0. The topological polar surface area (TPSA) is 54.9 Å². The van der Waals surface area contributed by atoms with Crippen LogP contribution in [0.25, 0.3) is 0 Å². The number of nitrogens with zero attached hydrogens (tertiary/aromatic N) is 2. The molecule has 112 valence electrons. The Labute approximate surface area is 133 Å². The van der Waals surface area contributed by atoms with E-state index >= 15 is 0 Å². The number of rotatable bonds is 5. The summed E-state index contributed by atoms with van der Waals surface area (Å²) in [7, 11) is 0. The van der Waals surface area contributed by atoms with E-state index in [0.717, 1.165) is 5.56 Å². The first-order valence-corrected chi connectivity index (χ1v) is 7.14. The first-order chi connectivity index (χ1) is 11.3. The molecule has 2 aromatic carbocycles. The highest BCUT2D eigenvalue weighted by Gasteiger charge is 2.15. The molecule has 1 heterocycles. The van der Waals surface area contributed by atoms with Gasteiger partial charge >= 0.3 is 0 Å². The van der Waals surface area contributed by atoms with Crippen molar-refractivity contribution in [1.82, 2.24) is 0 Å². The highest BCUT2D eigenvalue weighted by molar-refractivity contribution is 6.51. The van der Waals surface area contributed by atoms with Gasteiger partial charge in [-0.2, -0.15) is 5.10 Å². The minimum atomic E-state index is -0.173. The van der Waals surface area contributed by atoms with Gasteiger partial charge in [-0.15, -0.1) is 5.10 Å². The van der Waals surface area contributed by atoms with Gasteiger partial charge in [-0.3, -0.25) is 4.79 Å². The van der Waals surface area contributed by atoms with Gasteiger partial charge in [-0.25, -0.2) is 0 Å². The van der Waals surface area contributed by atoms with Crippen LogP contribution in [0.2, 0.25) is 0 Å². The first-order valence-electron chi connectivity index (χ1n) is 7.14. The van der Waals surface area contributed by atoms with E-state index in [1.165, 1.54) is 6.21 Å². The average Bonchev–Trinajstić information content (AvgIpc) is 3.13. The summed E-state index contributed by atoms with van der Waals surface area (Å²) >= 11 is 0. The van der Waals surface area contributed by atoms with Gasteiger partial charge in [-0.1, -0.05) is 60.7 Å². The zero-order valence-electron chi connectivity index (χ0n) is 12.3. The van der Waals surface area contributed by atoms with Crippen LogP contribution in [0, 0.1) is 0 Å². The number of hydrogen-bond acceptors (Lipinski definition) is 4. The lowest BCUT2D eigenvalue weighted by Gasteiger charge is -2.04. The molecule has 0 radical (unpaired) electrons. The molecule has 0 atom stereocenters. The molecule has 0 aliphatic heterocycles. The summed E-state index contributed by atoms with van der Waals surface area (Å²) in [6.07, 6.45) is 3.03. The van der Waals surface area contributed by atoms with Crippen molar-refractivity contribution in [3.63, 3.8) is 0 Å². The van der Waals surface area contributed by atoms with Crippen LogP contribution in [-0.2, 0) is 0 Å². The zero-order chi connectivity index (χ0) is 15.9. The van der Waals surface area contributed by atoms with E-state index in [-0.39, 0.29) is 5.78 Å². The van der Waals surface area contributed by atoms with Crippen molar-refractivity contribution in [2.45, 2.75) is 0 Å². The number of carbonyl (C=O) groups is 1. The molecule has 0 fully saturated rings. The van der Waals surface area contributed by atoms with E-state index in [4.69, 9.17) is 4.42 Å². The molecule has 0 bridgehead atoms. The number of benzene rings is 2. The van der Waals surface area contributed by atoms with E-state index in [9.17, 15) is 4.79 Å². The third-order valence-corrected chi connectivity index (χ3v) is 3.18. The third kappa shape index (κ3) is 3.68. The predicted octanol–water partition coefficient (Wildman–Crippen LogP) is 3.99. The Hall–Kier alpha value is -3.27. The fourth-order valence-corrected chi connectivity index (χ4v) is 2.06. The maximum atomic E-state index is 12.7. The van der Waals surface area contributed by atoms with E-state index in [2.05, 4.69) is 10.2 Å². The van der Waals surface area contributed by atoms with Crippen molar-refractivity contribution in [2.24, 2.45) is 10.2 Å². The Bertz CT molecular complexity index is 820. The number of Topliss-reactive ketones (excluding diaryl/α,β-unsaturated/α-hetero) is 1. The van der Waals surface area contributed by atoms with Crippen molar-refractivity contribution in [3.05, 3.63) is 95.9 Å². The normalized spacial score (nSPS) is 11.7. The molecular formula is C19H14N2O2. The van der Waals surface area contributed by atoms with Crippen LogP contribution >= 0.6 is 0 Å². The fourth-order valence-electron chi connectivity index (χ4n) is 2.06. The van der Waals surface area contributed by atoms with Gasteiger partial charge in [0, 0.05) is 11.1 Å². The maximum absolute atomic E-state index is 12.7. The van der Waals surface area contributed by atoms with Gasteiger partial charge in [0.15, 0.2) is 0 Å². The summed E-state index contributed by atoms with van der Waals surface area (Å²) in [5, 5.41) is 8.11. The summed E-state index contributed by atoms with van der Waals surface area (Å²) < 4.78 is 5.16. The monoisotopic (exact) mass is 302 g/mol. The Kier molecular flexibility index (Phi) is 4.55. The molecule has 0 saturated heterocycles. The van der Waals surface area contributed by atoms with Crippen LogP contribution in [0.3, 0.4) is 0 Å². The standard InChI is InChI=1S/C19H14N2O2/c22-19(16-10-5-2-6-11-16)18(15-8-3-1-4-9-15)21-20-14-17-12-7-13-23-17/h1-14H/b20-14-,21-18-. The second-order valence-electron chi connectivity index (χ2n) is 4.77. The Morgan fingerprint density at radius 1 is 0.826 bits per heavy atom. The van der Waals surface area contributed by atoms with E-state index in [0.29, 0.717) is 17.0 Å². The molecule has 0 unspecified atom stereocenters. The second-order valence-corrected chi connectivity index (χ2v) is 4.77. The quantitative estimate of drug-likeness (QED) is 0.406. The summed E-state index contributed by atoms with van der Waals surface area (Å²) in [5.74, 6) is 0.404. The maximum Gasteiger partial charge on any atom is 0.213 e. The Balaban J connectivity index is 1.96. The number of hydrogen-bond donors (Lipinski definition) is 0. The molecule has 0 aliphatic carbocycles. The van der Waals surface area contributed by atoms with Crippen LogP contribution in [-0.4, -0.2) is 17.7 Å². The average molecular weight is 302 g/mol. The molecule has 4 nitrogen and oxygen atoms in total. The molecule has 3 rings (SSSR count). The molecule has 4 heteroatoms. The van der Waals surface area contributed by atoms with Gasteiger partial charge < -0.3 is 4.42 Å². The minimum absolute atomic E-state index is 0.173. The number of carbonyl (C=O) groups excluding carboxylic acids is 1. The fraction of sp³-hybridized carbons (Fsp3) is 0. The van der Waals surface area contributed by atoms with Crippen LogP contribution in [0.5, 0.6) is 0 Å². The minimum Gasteiger partial charge on any atom is -0.463 e. The second kappa shape index (κ2) is 7.13. The Morgan fingerprint density at radius 2 is 1.48 bits per heavy atom. The molecule has 0 amide bonds. The smallest absolute Gasteiger partial charge is 0.213 e. The van der Waals surface area contributed by atoms with Crippen LogP contribution in [0.1, 0.15) is 21.7 Å². The van der Waals surface area contributed by atoms with E-state index in [1.807, 2.05) is 48.5 Å². The summed E-state index contributed by atoms with van der Waals surface area (Å²) in [4.78, 5) is 12.7. The molecule has 0 aliphatic rings. The van der Waals surface area contributed by atoms with Gasteiger partial charge in [0.2, 0.25) is 5.78 Å². The molecule has 23 heavy (non-hydrogen) atoms. The SMILES string of the molecule is O=C(/C(=N\N=C/c1ccco1)c1ccccc1)c1ccccc1. The third-order valence-electron chi connectivity index (χ3n) is 3.18. The van der Waals surface area contributed by atoms with Gasteiger partial charge in [0.25, 0.3) is 0 Å². The van der Waals surface area contributed by atoms with E-state index in [1.54, 1.807) is 30.5 Å². The van der Waals surface area contributed by atoms with Crippen molar-refractivity contribution in [2.75, 3.05) is 0 Å². The summed E-state index contributed by atoms with van der Waals surface area (Å²) in [5.41, 5.74) is 1.58. The Morgan fingerprint density at radius 3 is 2.09 bits per heavy atom. The van der Waals surface area contributed by atoms with Gasteiger partial charge in [0.1, 0.15) is 11.5 Å². The summed E-state index contributed by atoms with van der Waals surface area (Å²) in [6.45, 7) is 0. The summed E-state index contributed by atoms with van der Waals surface area (Å²) in [6, 6.07) is 21.8. The van der Waals surface area contributed by atoms with Gasteiger partial charge in [-0.05, 0) is 12.1 Å². The number of ketones is 1. The lowest BCUT2D eigenvalue weighted by Crippen LogP contribution is -2.15. The van der Waals surface area contributed by atoms with E-state index < -0.39 is 0 Å². The van der Waals surface area contributed by atoms with Crippen molar-refractivity contribution < 1.29 is 9.21 Å². The molecule has 0 spiro atoms. The highest BCUT2D eigenvalue weighted by Crippen LogP contribution is 2.09. The first kappa shape index (κ1) is 14.7. The van der Waals surface area contributed by atoms with Crippen molar-refractivity contribution >= 4 is 17.7 Å².